The maximum atomic E-state index is 12.3. The molecule has 0 bridgehead atoms. The number of benzene rings is 1. The molecule has 0 spiro atoms. The van der Waals surface area contributed by atoms with E-state index in [9.17, 15) is 4.79 Å². The van der Waals surface area contributed by atoms with Gasteiger partial charge in [0.25, 0.3) is 0 Å². The minimum atomic E-state index is 0.0350. The quantitative estimate of drug-likeness (QED) is 0.882. The molecular formula is C18H22ClN3OS. The number of hydrogen-bond acceptors (Lipinski definition) is 3. The molecule has 1 aromatic heterocycles. The number of piperazine rings is 1. The second-order valence-corrected chi connectivity index (χ2v) is 7.42. The van der Waals surface area contributed by atoms with Crippen LogP contribution in [0.25, 0.3) is 0 Å². The maximum absolute atomic E-state index is 12.3. The van der Waals surface area contributed by atoms with Gasteiger partial charge in [-0.15, -0.1) is 11.3 Å². The molecule has 128 valence electrons. The molecule has 0 atom stereocenters. The van der Waals surface area contributed by atoms with E-state index in [1.54, 1.807) is 11.3 Å². The molecule has 3 rings (SSSR count). The number of urea groups is 1. The van der Waals surface area contributed by atoms with Crippen molar-refractivity contribution >= 4 is 29.0 Å². The number of rotatable bonds is 5. The van der Waals surface area contributed by atoms with E-state index < -0.39 is 0 Å². The summed E-state index contributed by atoms with van der Waals surface area (Å²) in [6.45, 7) is 5.05. The van der Waals surface area contributed by atoms with E-state index in [-0.39, 0.29) is 6.03 Å². The number of halogens is 1. The van der Waals surface area contributed by atoms with Crippen LogP contribution in [0.2, 0.25) is 5.02 Å². The van der Waals surface area contributed by atoms with Gasteiger partial charge in [0.05, 0.1) is 0 Å². The molecule has 6 heteroatoms. The summed E-state index contributed by atoms with van der Waals surface area (Å²) in [4.78, 5) is 17.9. The molecule has 1 N–H and O–H groups in total. The minimum absolute atomic E-state index is 0.0350. The Labute approximate surface area is 152 Å². The summed E-state index contributed by atoms with van der Waals surface area (Å²) in [6.07, 6.45) is 0.796. The molecule has 0 aliphatic carbocycles. The fourth-order valence-corrected chi connectivity index (χ4v) is 3.81. The topological polar surface area (TPSA) is 35.6 Å². The van der Waals surface area contributed by atoms with Crippen LogP contribution in [-0.4, -0.2) is 48.6 Å². The third kappa shape index (κ3) is 4.97. The molecule has 1 aliphatic heterocycles. The van der Waals surface area contributed by atoms with Gasteiger partial charge in [0.1, 0.15) is 0 Å². The van der Waals surface area contributed by atoms with Crippen LogP contribution < -0.4 is 5.32 Å². The fourth-order valence-electron chi connectivity index (χ4n) is 2.85. The number of nitrogens with zero attached hydrogens (tertiary/aromatic N) is 2. The number of carbonyl (C=O) groups is 1. The number of thiophene rings is 1. The van der Waals surface area contributed by atoms with E-state index in [0.29, 0.717) is 6.54 Å². The van der Waals surface area contributed by atoms with Crippen molar-refractivity contribution in [2.24, 2.45) is 0 Å². The molecule has 24 heavy (non-hydrogen) atoms. The Kier molecular flexibility index (Phi) is 6.12. The van der Waals surface area contributed by atoms with Crippen molar-refractivity contribution in [1.29, 1.82) is 0 Å². The zero-order chi connectivity index (χ0) is 16.8. The molecule has 0 unspecified atom stereocenters. The van der Waals surface area contributed by atoms with Gasteiger partial charge in [0.15, 0.2) is 0 Å². The Morgan fingerprint density at radius 3 is 2.71 bits per heavy atom. The standard InChI is InChI=1S/C18H22ClN3OS/c19-16-4-1-3-15(13-16)6-7-20-18(23)22-10-8-21(9-11-22)14-17-5-2-12-24-17/h1-5,12-13H,6-11,14H2,(H,20,23). The lowest BCUT2D eigenvalue weighted by atomic mass is 10.1. The fraction of sp³-hybridized carbons (Fsp3) is 0.389. The summed E-state index contributed by atoms with van der Waals surface area (Å²) < 4.78 is 0. The summed E-state index contributed by atoms with van der Waals surface area (Å²) in [6, 6.07) is 12.1. The van der Waals surface area contributed by atoms with Crippen LogP contribution in [-0.2, 0) is 13.0 Å². The highest BCUT2D eigenvalue weighted by molar-refractivity contribution is 7.09. The maximum Gasteiger partial charge on any atom is 0.317 e. The van der Waals surface area contributed by atoms with Crippen molar-refractivity contribution < 1.29 is 4.79 Å². The molecule has 2 heterocycles. The van der Waals surface area contributed by atoms with Gasteiger partial charge in [-0.3, -0.25) is 4.90 Å². The van der Waals surface area contributed by atoms with Crippen LogP contribution in [0.5, 0.6) is 0 Å². The van der Waals surface area contributed by atoms with Crippen LogP contribution in [0, 0.1) is 0 Å². The Morgan fingerprint density at radius 1 is 1.17 bits per heavy atom. The summed E-state index contributed by atoms with van der Waals surface area (Å²) in [5.74, 6) is 0. The van der Waals surface area contributed by atoms with E-state index in [1.165, 1.54) is 4.88 Å². The zero-order valence-corrected chi connectivity index (χ0v) is 15.2. The Balaban J connectivity index is 1.37. The molecule has 1 aromatic carbocycles. The molecular weight excluding hydrogens is 342 g/mol. The van der Waals surface area contributed by atoms with Gasteiger partial charge in [0.2, 0.25) is 0 Å². The van der Waals surface area contributed by atoms with Gasteiger partial charge in [-0.25, -0.2) is 4.79 Å². The van der Waals surface area contributed by atoms with Gasteiger partial charge in [0, 0.05) is 49.2 Å². The van der Waals surface area contributed by atoms with E-state index >= 15 is 0 Å². The van der Waals surface area contributed by atoms with Gasteiger partial charge in [-0.2, -0.15) is 0 Å². The van der Waals surface area contributed by atoms with E-state index in [1.807, 2.05) is 29.2 Å². The summed E-state index contributed by atoms with van der Waals surface area (Å²) in [5, 5.41) is 5.85. The van der Waals surface area contributed by atoms with Crippen LogP contribution in [0.4, 0.5) is 4.79 Å². The van der Waals surface area contributed by atoms with Gasteiger partial charge in [-0.05, 0) is 35.6 Å². The molecule has 1 fully saturated rings. The molecule has 1 aliphatic rings. The lowest BCUT2D eigenvalue weighted by Crippen LogP contribution is -2.51. The van der Waals surface area contributed by atoms with Crippen LogP contribution in [0.15, 0.2) is 41.8 Å². The van der Waals surface area contributed by atoms with Gasteiger partial charge < -0.3 is 10.2 Å². The second-order valence-electron chi connectivity index (χ2n) is 5.95. The minimum Gasteiger partial charge on any atom is -0.338 e. The van der Waals surface area contributed by atoms with Crippen molar-refractivity contribution in [2.75, 3.05) is 32.7 Å². The molecule has 2 amide bonds. The Morgan fingerprint density at radius 2 is 2.00 bits per heavy atom. The summed E-state index contributed by atoms with van der Waals surface area (Å²) in [5.41, 5.74) is 1.14. The molecule has 0 radical (unpaired) electrons. The van der Waals surface area contributed by atoms with Crippen molar-refractivity contribution in [3.63, 3.8) is 0 Å². The zero-order valence-electron chi connectivity index (χ0n) is 13.6. The van der Waals surface area contributed by atoms with Crippen LogP contribution in [0.3, 0.4) is 0 Å². The number of nitrogens with one attached hydrogen (secondary N) is 1. The summed E-state index contributed by atoms with van der Waals surface area (Å²) >= 11 is 7.76. The van der Waals surface area contributed by atoms with Crippen molar-refractivity contribution in [3.05, 3.63) is 57.2 Å². The first-order valence-corrected chi connectivity index (χ1v) is 9.48. The predicted octanol–water partition coefficient (Wildman–Crippen LogP) is 3.47. The molecule has 2 aromatic rings. The largest absolute Gasteiger partial charge is 0.338 e. The van der Waals surface area contributed by atoms with Crippen molar-refractivity contribution in [2.45, 2.75) is 13.0 Å². The molecule has 1 saturated heterocycles. The van der Waals surface area contributed by atoms with Gasteiger partial charge >= 0.3 is 6.03 Å². The lowest BCUT2D eigenvalue weighted by molar-refractivity contribution is 0.136. The third-order valence-corrected chi connectivity index (χ3v) is 5.29. The second kappa shape index (κ2) is 8.51. The highest BCUT2D eigenvalue weighted by atomic mass is 35.5. The highest BCUT2D eigenvalue weighted by Gasteiger charge is 2.20. The average Bonchev–Trinajstić information content (AvgIpc) is 3.08. The Hall–Kier alpha value is -1.56. The van der Waals surface area contributed by atoms with E-state index in [0.717, 1.165) is 49.7 Å². The van der Waals surface area contributed by atoms with Crippen molar-refractivity contribution in [1.82, 2.24) is 15.1 Å². The number of hydrogen-bond donors (Lipinski definition) is 1. The Bertz CT molecular complexity index is 654. The van der Waals surface area contributed by atoms with Crippen molar-refractivity contribution in [3.8, 4) is 0 Å². The smallest absolute Gasteiger partial charge is 0.317 e. The van der Waals surface area contributed by atoms with E-state index in [4.69, 9.17) is 11.6 Å². The summed E-state index contributed by atoms with van der Waals surface area (Å²) in [7, 11) is 0. The van der Waals surface area contributed by atoms with E-state index in [2.05, 4.69) is 27.7 Å². The first-order chi connectivity index (χ1) is 11.7. The van der Waals surface area contributed by atoms with Gasteiger partial charge in [-0.1, -0.05) is 29.8 Å². The monoisotopic (exact) mass is 363 g/mol. The first kappa shape index (κ1) is 17.3. The average molecular weight is 364 g/mol. The number of amides is 2. The first-order valence-electron chi connectivity index (χ1n) is 8.23. The highest BCUT2D eigenvalue weighted by Crippen LogP contribution is 2.14. The normalized spacial score (nSPS) is 15.5. The number of carbonyl (C=O) groups excluding carboxylic acids is 1. The third-order valence-electron chi connectivity index (χ3n) is 4.20. The predicted molar refractivity (Wildman–Crippen MR) is 99.7 cm³/mol. The van der Waals surface area contributed by atoms with Crippen LogP contribution >= 0.6 is 22.9 Å². The van der Waals surface area contributed by atoms with Crippen LogP contribution in [0.1, 0.15) is 10.4 Å². The SMILES string of the molecule is O=C(NCCc1cccc(Cl)c1)N1CCN(Cc2cccs2)CC1. The lowest BCUT2D eigenvalue weighted by Gasteiger charge is -2.34. The molecule has 4 nitrogen and oxygen atoms in total. The molecule has 0 saturated carbocycles.